The molecule has 0 amide bonds. The van der Waals surface area contributed by atoms with E-state index in [4.69, 9.17) is 28.4 Å². The number of aliphatic hydroxyl groups excluding tert-OH is 1. The Kier molecular flexibility index (Phi) is 10.0. The number of hydrogen-bond donors (Lipinski definition) is 1. The van der Waals surface area contributed by atoms with E-state index in [1.54, 1.807) is 12.1 Å². The maximum atomic E-state index is 11.8. The Morgan fingerprint density at radius 3 is 2.16 bits per heavy atom. The molecule has 3 rings (SSSR count). The summed E-state index contributed by atoms with van der Waals surface area (Å²) in [5.74, 6) is -1.38. The van der Waals surface area contributed by atoms with E-state index in [1.165, 1.54) is 6.92 Å². The molecular formula is C25H33N2O10+. The summed E-state index contributed by atoms with van der Waals surface area (Å²) in [5.41, 5.74) is 0.765. The first-order valence-electron chi connectivity index (χ1n) is 11.8. The lowest BCUT2D eigenvalue weighted by atomic mass is 9.98. The normalized spacial score (nSPS) is 23.2. The molecule has 0 bridgehead atoms. The lowest BCUT2D eigenvalue weighted by Gasteiger charge is -2.43. The van der Waals surface area contributed by atoms with Crippen molar-refractivity contribution in [3.8, 4) is 5.75 Å². The molecule has 1 aromatic carbocycles. The van der Waals surface area contributed by atoms with Crippen LogP contribution in [0.5, 0.6) is 5.75 Å². The number of nitrogens with zero attached hydrogens (tertiary/aromatic N) is 2. The third-order valence-corrected chi connectivity index (χ3v) is 5.46. The van der Waals surface area contributed by atoms with Crippen LogP contribution in [-0.2, 0) is 58.3 Å². The Bertz CT molecular complexity index is 1050. The summed E-state index contributed by atoms with van der Waals surface area (Å²) in [4.78, 5) is 35.2. The number of benzene rings is 1. The molecule has 0 radical (unpaired) electrons. The van der Waals surface area contributed by atoms with E-state index < -0.39 is 55.2 Å². The highest BCUT2D eigenvalue weighted by Gasteiger charge is 2.52. The van der Waals surface area contributed by atoms with E-state index >= 15 is 0 Å². The quantitative estimate of drug-likeness (QED) is 0.252. The van der Waals surface area contributed by atoms with E-state index in [9.17, 15) is 19.5 Å². The fourth-order valence-electron chi connectivity index (χ4n) is 3.90. The summed E-state index contributed by atoms with van der Waals surface area (Å²) in [6, 6.07) is 7.22. The maximum absolute atomic E-state index is 11.8. The van der Waals surface area contributed by atoms with Gasteiger partial charge < -0.3 is 33.5 Å². The van der Waals surface area contributed by atoms with Gasteiger partial charge in [-0.3, -0.25) is 14.4 Å². The SMILES string of the molecule is CC(=O)O[C@@H]1[C@@H](OC(C)=O)[C@H](OCc2ccc(OCCn3cc[n+](C)c3)cc2)O[C@H](CO)[C@H]1OC(C)=O. The van der Waals surface area contributed by atoms with Gasteiger partial charge in [0.2, 0.25) is 6.33 Å². The summed E-state index contributed by atoms with van der Waals surface area (Å²) in [7, 11) is 1.95. The molecule has 12 heteroatoms. The van der Waals surface area contributed by atoms with Gasteiger partial charge in [0.1, 0.15) is 37.4 Å². The van der Waals surface area contributed by atoms with Gasteiger partial charge in [-0.05, 0) is 17.7 Å². The van der Waals surface area contributed by atoms with Gasteiger partial charge in [-0.2, -0.15) is 0 Å². The fraction of sp³-hybridized carbons (Fsp3) is 0.520. The van der Waals surface area contributed by atoms with Crippen LogP contribution in [0, 0.1) is 0 Å². The summed E-state index contributed by atoms with van der Waals surface area (Å²) in [5, 5.41) is 9.84. The second-order valence-electron chi connectivity index (χ2n) is 8.57. The van der Waals surface area contributed by atoms with Gasteiger partial charge in [0, 0.05) is 20.8 Å². The zero-order valence-electron chi connectivity index (χ0n) is 21.3. The highest BCUT2D eigenvalue weighted by Crippen LogP contribution is 2.30. The van der Waals surface area contributed by atoms with E-state index in [-0.39, 0.29) is 6.61 Å². The van der Waals surface area contributed by atoms with Crippen molar-refractivity contribution >= 4 is 17.9 Å². The van der Waals surface area contributed by atoms with Gasteiger partial charge in [-0.1, -0.05) is 12.1 Å². The van der Waals surface area contributed by atoms with Crippen LogP contribution in [0.1, 0.15) is 26.3 Å². The van der Waals surface area contributed by atoms with Gasteiger partial charge in [0.25, 0.3) is 0 Å². The second-order valence-corrected chi connectivity index (χ2v) is 8.57. The molecule has 0 saturated carbocycles. The Morgan fingerprint density at radius 1 is 0.973 bits per heavy atom. The number of aromatic nitrogens is 2. The van der Waals surface area contributed by atoms with Gasteiger partial charge in [-0.15, -0.1) is 0 Å². The Labute approximate surface area is 214 Å². The van der Waals surface area contributed by atoms with Crippen LogP contribution in [-0.4, -0.2) is 71.5 Å². The Hall–Kier alpha value is -3.48. The first-order chi connectivity index (χ1) is 17.7. The molecule has 0 spiro atoms. The molecule has 2 heterocycles. The molecule has 37 heavy (non-hydrogen) atoms. The predicted octanol–water partition coefficient (Wildman–Crippen LogP) is 0.421. The Balaban J connectivity index is 1.65. The summed E-state index contributed by atoms with van der Waals surface area (Å²) in [6.07, 6.45) is -0.124. The van der Waals surface area contributed by atoms with Crippen LogP contribution in [0.3, 0.4) is 0 Å². The number of carbonyl (C=O) groups excluding carboxylic acids is 3. The van der Waals surface area contributed by atoms with Gasteiger partial charge >= 0.3 is 17.9 Å². The van der Waals surface area contributed by atoms with Gasteiger partial charge in [-0.25, -0.2) is 9.13 Å². The molecule has 202 valence electrons. The first kappa shape index (κ1) is 28.1. The average molecular weight is 522 g/mol. The average Bonchev–Trinajstić information content (AvgIpc) is 3.25. The Morgan fingerprint density at radius 2 is 1.59 bits per heavy atom. The van der Waals surface area contributed by atoms with E-state index in [0.29, 0.717) is 18.9 Å². The van der Waals surface area contributed by atoms with Crippen molar-refractivity contribution in [2.45, 2.75) is 64.6 Å². The van der Waals surface area contributed by atoms with Crippen molar-refractivity contribution in [3.05, 3.63) is 48.5 Å². The summed E-state index contributed by atoms with van der Waals surface area (Å²) in [6.45, 7) is 4.19. The van der Waals surface area contributed by atoms with E-state index in [1.807, 2.05) is 47.0 Å². The van der Waals surface area contributed by atoms with Crippen molar-refractivity contribution in [3.63, 3.8) is 0 Å². The summed E-state index contributed by atoms with van der Waals surface area (Å²) < 4.78 is 37.3. The molecule has 2 aromatic rings. The van der Waals surface area contributed by atoms with Crippen molar-refractivity contribution in [1.29, 1.82) is 0 Å². The number of aliphatic hydroxyl groups is 1. The molecule has 1 aliphatic rings. The number of esters is 3. The topological polar surface area (TPSA) is 136 Å². The van der Waals surface area contributed by atoms with Crippen LogP contribution in [0.25, 0.3) is 0 Å². The molecule has 1 aromatic heterocycles. The van der Waals surface area contributed by atoms with E-state index in [0.717, 1.165) is 19.4 Å². The van der Waals surface area contributed by atoms with Crippen molar-refractivity contribution in [1.82, 2.24) is 4.57 Å². The minimum Gasteiger partial charge on any atom is -0.489 e. The lowest BCUT2D eigenvalue weighted by molar-refractivity contribution is -0.671. The highest BCUT2D eigenvalue weighted by atomic mass is 16.7. The first-order valence-corrected chi connectivity index (χ1v) is 11.8. The highest BCUT2D eigenvalue weighted by molar-refractivity contribution is 5.68. The number of hydrogen-bond acceptors (Lipinski definition) is 10. The third kappa shape index (κ3) is 8.27. The smallest absolute Gasteiger partial charge is 0.303 e. The zero-order chi connectivity index (χ0) is 26.9. The minimum atomic E-state index is -1.25. The van der Waals surface area contributed by atoms with Crippen LogP contribution < -0.4 is 9.30 Å². The summed E-state index contributed by atoms with van der Waals surface area (Å²) >= 11 is 0. The monoisotopic (exact) mass is 521 g/mol. The van der Waals surface area contributed by atoms with Gasteiger partial charge in [0.15, 0.2) is 24.6 Å². The van der Waals surface area contributed by atoms with Crippen molar-refractivity contribution in [2.24, 2.45) is 7.05 Å². The number of rotatable bonds is 11. The van der Waals surface area contributed by atoms with Crippen molar-refractivity contribution in [2.75, 3.05) is 13.2 Å². The third-order valence-electron chi connectivity index (χ3n) is 5.46. The molecule has 1 fully saturated rings. The molecule has 1 aliphatic heterocycles. The zero-order valence-corrected chi connectivity index (χ0v) is 21.3. The fourth-order valence-corrected chi connectivity index (χ4v) is 3.90. The molecule has 0 aliphatic carbocycles. The molecule has 12 nitrogen and oxygen atoms in total. The molecule has 5 atom stereocenters. The molecular weight excluding hydrogens is 488 g/mol. The number of imidazole rings is 1. The largest absolute Gasteiger partial charge is 0.489 e. The molecule has 0 unspecified atom stereocenters. The number of aryl methyl sites for hydroxylation is 1. The maximum Gasteiger partial charge on any atom is 0.303 e. The van der Waals surface area contributed by atoms with Crippen LogP contribution in [0.4, 0.5) is 0 Å². The lowest BCUT2D eigenvalue weighted by Crippen LogP contribution is -2.62. The van der Waals surface area contributed by atoms with Crippen molar-refractivity contribution < 1.29 is 52.5 Å². The number of ether oxygens (including phenoxy) is 6. The predicted molar refractivity (Wildman–Crippen MR) is 125 cm³/mol. The van der Waals surface area contributed by atoms with E-state index in [2.05, 4.69) is 0 Å². The molecule has 1 N–H and O–H groups in total. The molecule has 1 saturated heterocycles. The minimum absolute atomic E-state index is 0.0474. The van der Waals surface area contributed by atoms with Crippen LogP contribution in [0.2, 0.25) is 0 Å². The van der Waals surface area contributed by atoms with Gasteiger partial charge in [0.05, 0.1) is 20.3 Å². The van der Waals surface area contributed by atoms with Crippen LogP contribution in [0.15, 0.2) is 43.0 Å². The number of carbonyl (C=O) groups is 3. The van der Waals surface area contributed by atoms with Crippen LogP contribution >= 0.6 is 0 Å². The second kappa shape index (κ2) is 13.2. The standard InChI is InChI=1S/C25H33N2O10/c1-16(29)34-22-21(13-28)37-25(24(36-18(3)31)23(22)35-17(2)30)33-14-19-5-7-20(8-6-19)32-12-11-27-10-9-26(4)15-27/h5-10,15,21-25,28H,11-14H2,1-4H3/q+1/t21-,22-,23+,24-,25-/m1/s1.